The number of morpholine rings is 1. The summed E-state index contributed by atoms with van der Waals surface area (Å²) in [5.41, 5.74) is 0. The molecule has 2 heterocycles. The van der Waals surface area contributed by atoms with Crippen LogP contribution < -0.4 is 0 Å². The van der Waals surface area contributed by atoms with E-state index in [0.29, 0.717) is 26.2 Å². The van der Waals surface area contributed by atoms with E-state index in [1.807, 2.05) is 31.5 Å². The van der Waals surface area contributed by atoms with Crippen molar-refractivity contribution < 1.29 is 14.6 Å². The number of rotatable bonds is 5. The highest BCUT2D eigenvalue weighted by Gasteiger charge is 2.27. The van der Waals surface area contributed by atoms with Crippen LogP contribution in [0.25, 0.3) is 0 Å². The minimum Gasteiger partial charge on any atom is -0.394 e. The van der Waals surface area contributed by atoms with E-state index in [0.717, 1.165) is 0 Å². The molecular weight excluding hydrogens is 276 g/mol. The first-order chi connectivity index (χ1) is 9.60. The van der Waals surface area contributed by atoms with Gasteiger partial charge in [0.25, 0.3) is 0 Å². The van der Waals surface area contributed by atoms with Gasteiger partial charge in [-0.25, -0.2) is 0 Å². The summed E-state index contributed by atoms with van der Waals surface area (Å²) >= 11 is 1.66. The maximum atomic E-state index is 12.3. The van der Waals surface area contributed by atoms with Crippen molar-refractivity contribution in [1.82, 2.24) is 9.80 Å². The Morgan fingerprint density at radius 3 is 3.10 bits per heavy atom. The third-order valence-corrected chi connectivity index (χ3v) is 4.44. The van der Waals surface area contributed by atoms with Gasteiger partial charge < -0.3 is 14.7 Å². The first-order valence-electron chi connectivity index (χ1n) is 6.83. The Morgan fingerprint density at radius 2 is 2.45 bits per heavy atom. The average molecular weight is 298 g/mol. The molecule has 1 aromatic rings. The van der Waals surface area contributed by atoms with E-state index < -0.39 is 0 Å². The summed E-state index contributed by atoms with van der Waals surface area (Å²) in [6.45, 7) is 4.24. The monoisotopic (exact) mass is 298 g/mol. The average Bonchev–Trinajstić information content (AvgIpc) is 2.94. The van der Waals surface area contributed by atoms with E-state index in [4.69, 9.17) is 9.84 Å². The second kappa shape index (κ2) is 7.17. The molecule has 0 bridgehead atoms. The first-order valence-corrected chi connectivity index (χ1v) is 7.71. The van der Waals surface area contributed by atoms with Gasteiger partial charge in [0.05, 0.1) is 32.4 Å². The maximum absolute atomic E-state index is 12.3. The lowest BCUT2D eigenvalue weighted by atomic mass is 10.2. The molecule has 1 aromatic heterocycles. The Morgan fingerprint density at radius 1 is 1.65 bits per heavy atom. The predicted molar refractivity (Wildman–Crippen MR) is 78.7 cm³/mol. The van der Waals surface area contributed by atoms with Gasteiger partial charge in [0, 0.05) is 24.5 Å². The lowest BCUT2D eigenvalue weighted by molar-refractivity contribution is -0.136. The number of likely N-dealkylation sites (N-methyl/N-ethyl adjacent to an activating group) is 1. The second-order valence-corrected chi connectivity index (χ2v) is 6.28. The maximum Gasteiger partial charge on any atom is 0.236 e. The van der Waals surface area contributed by atoms with E-state index in [1.165, 1.54) is 4.88 Å². The Balaban J connectivity index is 1.86. The van der Waals surface area contributed by atoms with Crippen molar-refractivity contribution in [2.45, 2.75) is 25.6 Å². The number of carbonyl (C=O) groups excluding carboxylic acids is 1. The van der Waals surface area contributed by atoms with Crippen LogP contribution in [0, 0.1) is 0 Å². The van der Waals surface area contributed by atoms with Gasteiger partial charge in [-0.2, -0.15) is 0 Å². The minimum atomic E-state index is -0.179. The topological polar surface area (TPSA) is 53.0 Å². The highest BCUT2D eigenvalue weighted by Crippen LogP contribution is 2.14. The summed E-state index contributed by atoms with van der Waals surface area (Å²) < 4.78 is 5.48. The highest BCUT2D eigenvalue weighted by atomic mass is 32.1. The smallest absolute Gasteiger partial charge is 0.236 e. The second-order valence-electron chi connectivity index (χ2n) is 5.25. The molecule has 0 aliphatic carbocycles. The molecular formula is C14H22N2O3S. The molecule has 20 heavy (non-hydrogen) atoms. The summed E-state index contributed by atoms with van der Waals surface area (Å²) in [6.07, 6.45) is -0.179. The molecule has 1 N–H and O–H groups in total. The number of hydrogen-bond donors (Lipinski definition) is 1. The number of aliphatic hydroxyl groups excluding tert-OH is 1. The van der Waals surface area contributed by atoms with Gasteiger partial charge in [-0.1, -0.05) is 6.07 Å². The Kier molecular flexibility index (Phi) is 5.54. The van der Waals surface area contributed by atoms with Crippen LogP contribution in [0.15, 0.2) is 17.5 Å². The predicted octanol–water partition coefficient (Wildman–Crippen LogP) is 0.788. The number of ether oxygens (including phenoxy) is 1. The standard InChI is InChI=1S/C14H22N2O3S/c1-11-10-19-12(9-17)6-16(11)8-14(18)15(2)7-13-4-3-5-20-13/h3-5,11-12,17H,6-10H2,1-2H3. The van der Waals surface area contributed by atoms with Crippen molar-refractivity contribution in [1.29, 1.82) is 0 Å². The molecule has 6 heteroatoms. The highest BCUT2D eigenvalue weighted by molar-refractivity contribution is 7.09. The fourth-order valence-corrected chi connectivity index (χ4v) is 2.98. The lowest BCUT2D eigenvalue weighted by Gasteiger charge is -2.37. The van der Waals surface area contributed by atoms with Crippen LogP contribution in [0.1, 0.15) is 11.8 Å². The Labute approximate surface area is 123 Å². The molecule has 112 valence electrons. The van der Waals surface area contributed by atoms with Crippen LogP contribution in [0.4, 0.5) is 0 Å². The molecule has 2 unspecified atom stereocenters. The fraction of sp³-hybridized carbons (Fsp3) is 0.643. The van der Waals surface area contributed by atoms with Crippen LogP contribution >= 0.6 is 11.3 Å². The van der Waals surface area contributed by atoms with Crippen LogP contribution in [0.5, 0.6) is 0 Å². The molecule has 2 rings (SSSR count). The minimum absolute atomic E-state index is 0.00243. The van der Waals surface area contributed by atoms with Crippen molar-refractivity contribution in [3.05, 3.63) is 22.4 Å². The molecule has 1 saturated heterocycles. The number of nitrogens with zero attached hydrogens (tertiary/aromatic N) is 2. The zero-order valence-corrected chi connectivity index (χ0v) is 12.8. The summed E-state index contributed by atoms with van der Waals surface area (Å²) in [7, 11) is 1.83. The van der Waals surface area contributed by atoms with Crippen molar-refractivity contribution in [3.8, 4) is 0 Å². The van der Waals surface area contributed by atoms with Gasteiger partial charge in [-0.15, -0.1) is 11.3 Å². The van der Waals surface area contributed by atoms with Crippen molar-refractivity contribution in [2.75, 3.05) is 33.4 Å². The van der Waals surface area contributed by atoms with E-state index in [1.54, 1.807) is 16.2 Å². The third-order valence-electron chi connectivity index (χ3n) is 3.58. The van der Waals surface area contributed by atoms with E-state index in [9.17, 15) is 4.79 Å². The van der Waals surface area contributed by atoms with E-state index >= 15 is 0 Å². The van der Waals surface area contributed by atoms with Crippen LogP contribution in [-0.2, 0) is 16.1 Å². The molecule has 5 nitrogen and oxygen atoms in total. The molecule has 1 aliphatic heterocycles. The van der Waals surface area contributed by atoms with Crippen LogP contribution in [0.3, 0.4) is 0 Å². The molecule has 0 radical (unpaired) electrons. The third kappa shape index (κ3) is 4.02. The number of thiophene rings is 1. The summed E-state index contributed by atoms with van der Waals surface area (Å²) in [6, 6.07) is 4.24. The molecule has 1 aliphatic rings. The zero-order chi connectivity index (χ0) is 14.5. The molecule has 0 aromatic carbocycles. The normalized spacial score (nSPS) is 23.8. The van der Waals surface area contributed by atoms with Crippen LogP contribution in [-0.4, -0.2) is 66.3 Å². The number of amides is 1. The number of carbonyl (C=O) groups is 1. The zero-order valence-electron chi connectivity index (χ0n) is 12.0. The fourth-order valence-electron chi connectivity index (χ4n) is 2.22. The van der Waals surface area contributed by atoms with Crippen molar-refractivity contribution in [3.63, 3.8) is 0 Å². The SMILES string of the molecule is CC1COC(CO)CN1CC(=O)N(C)Cc1cccs1. The summed E-state index contributed by atoms with van der Waals surface area (Å²) in [5, 5.41) is 11.2. The first kappa shape index (κ1) is 15.4. The van der Waals surface area contributed by atoms with Gasteiger partial charge in [-0.3, -0.25) is 9.69 Å². The van der Waals surface area contributed by atoms with Crippen molar-refractivity contribution >= 4 is 17.2 Å². The van der Waals surface area contributed by atoms with Gasteiger partial charge in [0.1, 0.15) is 0 Å². The lowest BCUT2D eigenvalue weighted by Crippen LogP contribution is -2.52. The number of aliphatic hydroxyl groups is 1. The van der Waals surface area contributed by atoms with Gasteiger partial charge in [0.2, 0.25) is 5.91 Å². The summed E-state index contributed by atoms with van der Waals surface area (Å²) in [4.78, 5) is 17.3. The van der Waals surface area contributed by atoms with Gasteiger partial charge in [0.15, 0.2) is 0 Å². The number of hydrogen-bond acceptors (Lipinski definition) is 5. The molecule has 0 saturated carbocycles. The summed E-state index contributed by atoms with van der Waals surface area (Å²) in [5.74, 6) is 0.101. The molecule has 1 amide bonds. The van der Waals surface area contributed by atoms with Crippen LogP contribution in [0.2, 0.25) is 0 Å². The van der Waals surface area contributed by atoms with E-state index in [-0.39, 0.29) is 24.7 Å². The van der Waals surface area contributed by atoms with E-state index in [2.05, 4.69) is 4.90 Å². The Bertz CT molecular complexity index is 424. The molecule has 2 atom stereocenters. The van der Waals surface area contributed by atoms with Gasteiger partial charge in [-0.05, 0) is 18.4 Å². The largest absolute Gasteiger partial charge is 0.394 e. The molecule has 0 spiro atoms. The quantitative estimate of drug-likeness (QED) is 0.873. The Hall–Kier alpha value is -0.950. The van der Waals surface area contributed by atoms with Gasteiger partial charge >= 0.3 is 0 Å². The molecule has 1 fully saturated rings. The van der Waals surface area contributed by atoms with Crippen molar-refractivity contribution in [2.24, 2.45) is 0 Å².